The number of carbonyl (C=O) groups excluding carboxylic acids is 1. The zero-order valence-electron chi connectivity index (χ0n) is 19.8. The molecule has 166 valence electrons. The van der Waals surface area contributed by atoms with Crippen molar-refractivity contribution in [3.8, 4) is 0 Å². The van der Waals surface area contributed by atoms with Crippen LogP contribution in [0.1, 0.15) is 84.0 Å². The Morgan fingerprint density at radius 2 is 1.66 bits per heavy atom. The molecule has 0 bridgehead atoms. The summed E-state index contributed by atoms with van der Waals surface area (Å²) < 4.78 is 5.52. The van der Waals surface area contributed by atoms with E-state index in [0.29, 0.717) is 5.76 Å². The third-order valence-electron chi connectivity index (χ3n) is 7.03. The summed E-state index contributed by atoms with van der Waals surface area (Å²) in [6, 6.07) is 17.1. The molecule has 0 saturated heterocycles. The van der Waals surface area contributed by atoms with Crippen molar-refractivity contribution in [2.24, 2.45) is 5.92 Å². The molecule has 1 heterocycles. The van der Waals surface area contributed by atoms with E-state index < -0.39 is 0 Å². The smallest absolute Gasteiger partial charge is 0.205 e. The fourth-order valence-electron chi connectivity index (χ4n) is 5.26. The van der Waals surface area contributed by atoms with E-state index in [4.69, 9.17) is 4.42 Å². The van der Waals surface area contributed by atoms with E-state index in [-0.39, 0.29) is 17.6 Å². The minimum Gasteiger partial charge on any atom is -0.461 e. The maximum atomic E-state index is 13.5. The van der Waals surface area contributed by atoms with Crippen LogP contribution in [-0.2, 0) is 25.7 Å². The number of hydrogen-bond acceptors (Lipinski definition) is 2. The molecule has 0 fully saturated rings. The number of carbonyl (C=O) groups is 1. The topological polar surface area (TPSA) is 30.2 Å². The van der Waals surface area contributed by atoms with Crippen molar-refractivity contribution in [3.63, 3.8) is 0 Å². The van der Waals surface area contributed by atoms with Crippen LogP contribution in [0.15, 0.2) is 65.3 Å². The summed E-state index contributed by atoms with van der Waals surface area (Å²) >= 11 is 0. The van der Waals surface area contributed by atoms with Crippen molar-refractivity contribution in [2.75, 3.05) is 0 Å². The quantitative estimate of drug-likeness (QED) is 0.347. The molecule has 2 atom stereocenters. The Labute approximate surface area is 192 Å². The first-order valence-corrected chi connectivity index (χ1v) is 12.1. The van der Waals surface area contributed by atoms with E-state index in [1.54, 1.807) is 18.4 Å². The third-order valence-corrected chi connectivity index (χ3v) is 7.03. The number of ketones is 1. The van der Waals surface area contributed by atoms with Gasteiger partial charge in [0.05, 0.1) is 12.2 Å². The first-order valence-electron chi connectivity index (χ1n) is 12.1. The molecular weight excluding hydrogens is 392 g/mol. The highest BCUT2D eigenvalue weighted by molar-refractivity contribution is 5.99. The van der Waals surface area contributed by atoms with Gasteiger partial charge in [0.25, 0.3) is 0 Å². The Bertz CT molecular complexity index is 1090. The maximum absolute atomic E-state index is 13.5. The first kappa shape index (κ1) is 22.3. The van der Waals surface area contributed by atoms with Crippen molar-refractivity contribution >= 4 is 11.4 Å². The van der Waals surface area contributed by atoms with Gasteiger partial charge in [-0.1, -0.05) is 70.2 Å². The number of hydrogen-bond donors (Lipinski definition) is 0. The van der Waals surface area contributed by atoms with Crippen molar-refractivity contribution in [2.45, 2.75) is 65.7 Å². The number of aryl methyl sites for hydroxylation is 3. The molecule has 0 saturated carbocycles. The van der Waals surface area contributed by atoms with Crippen molar-refractivity contribution in [1.82, 2.24) is 0 Å². The molecule has 3 aromatic rings. The average Bonchev–Trinajstić information content (AvgIpc) is 3.53. The molecule has 2 heteroatoms. The van der Waals surface area contributed by atoms with E-state index in [1.165, 1.54) is 39.0 Å². The second-order valence-corrected chi connectivity index (χ2v) is 8.80. The van der Waals surface area contributed by atoms with E-state index in [2.05, 4.69) is 70.2 Å². The molecule has 1 aromatic heterocycles. The molecule has 2 aromatic carbocycles. The van der Waals surface area contributed by atoms with Crippen LogP contribution in [0, 0.1) is 5.92 Å². The number of furan rings is 1. The van der Waals surface area contributed by atoms with Crippen LogP contribution >= 0.6 is 0 Å². The number of benzene rings is 2. The van der Waals surface area contributed by atoms with Gasteiger partial charge in [-0.3, -0.25) is 4.79 Å². The van der Waals surface area contributed by atoms with E-state index in [9.17, 15) is 4.79 Å². The zero-order chi connectivity index (χ0) is 22.7. The maximum Gasteiger partial charge on any atom is 0.205 e. The van der Waals surface area contributed by atoms with Gasteiger partial charge in [-0.15, -0.1) is 0 Å². The fourth-order valence-corrected chi connectivity index (χ4v) is 5.26. The van der Waals surface area contributed by atoms with Gasteiger partial charge in [0.1, 0.15) is 0 Å². The molecule has 1 unspecified atom stereocenters. The Morgan fingerprint density at radius 3 is 2.25 bits per heavy atom. The zero-order valence-corrected chi connectivity index (χ0v) is 19.8. The Morgan fingerprint density at radius 1 is 0.906 bits per heavy atom. The van der Waals surface area contributed by atoms with Gasteiger partial charge < -0.3 is 4.42 Å². The number of Topliss-reactive ketones (excluding diaryl/α,β-unsaturated/α-hetero) is 1. The van der Waals surface area contributed by atoms with Gasteiger partial charge in [0.2, 0.25) is 5.78 Å². The van der Waals surface area contributed by atoms with Crippen LogP contribution in [-0.4, -0.2) is 5.78 Å². The van der Waals surface area contributed by atoms with Gasteiger partial charge in [0.15, 0.2) is 5.76 Å². The van der Waals surface area contributed by atoms with Crippen molar-refractivity contribution in [3.05, 3.63) is 100 Å². The summed E-state index contributed by atoms with van der Waals surface area (Å²) in [5.74, 6) is 0.464. The average molecular weight is 427 g/mol. The van der Waals surface area contributed by atoms with Gasteiger partial charge in [0, 0.05) is 5.92 Å². The van der Waals surface area contributed by atoms with Crippen molar-refractivity contribution in [1.29, 1.82) is 0 Å². The van der Waals surface area contributed by atoms with Crippen molar-refractivity contribution < 1.29 is 9.21 Å². The van der Waals surface area contributed by atoms with Crippen LogP contribution in [0.3, 0.4) is 0 Å². The molecule has 2 nitrogen and oxygen atoms in total. The van der Waals surface area contributed by atoms with Gasteiger partial charge in [-0.25, -0.2) is 0 Å². The molecule has 0 aliphatic heterocycles. The molecular formula is C30H34O2. The highest BCUT2D eigenvalue weighted by atomic mass is 16.3. The summed E-state index contributed by atoms with van der Waals surface area (Å²) in [5.41, 5.74) is 9.45. The number of rotatable bonds is 8. The second kappa shape index (κ2) is 9.73. The predicted molar refractivity (Wildman–Crippen MR) is 132 cm³/mol. The predicted octanol–water partition coefficient (Wildman–Crippen LogP) is 7.60. The van der Waals surface area contributed by atoms with E-state index in [0.717, 1.165) is 32.1 Å². The largest absolute Gasteiger partial charge is 0.461 e. The molecule has 32 heavy (non-hydrogen) atoms. The van der Waals surface area contributed by atoms with Crippen LogP contribution in [0.2, 0.25) is 0 Å². The molecule has 1 aliphatic rings. The van der Waals surface area contributed by atoms with E-state index in [1.807, 2.05) is 0 Å². The molecule has 0 spiro atoms. The van der Waals surface area contributed by atoms with Crippen LogP contribution in [0.4, 0.5) is 0 Å². The van der Waals surface area contributed by atoms with E-state index >= 15 is 0 Å². The highest BCUT2D eigenvalue weighted by Gasteiger charge is 2.36. The highest BCUT2D eigenvalue weighted by Crippen LogP contribution is 2.45. The molecule has 0 amide bonds. The Hall–Kier alpha value is -2.87. The first-order chi connectivity index (χ1) is 15.6. The second-order valence-electron chi connectivity index (χ2n) is 8.80. The Balaban J connectivity index is 1.79. The fraction of sp³-hybridized carbons (Fsp3) is 0.367. The summed E-state index contributed by atoms with van der Waals surface area (Å²) in [4.78, 5) is 13.5. The van der Waals surface area contributed by atoms with Gasteiger partial charge in [-0.05, 0) is 83.2 Å². The van der Waals surface area contributed by atoms with Crippen LogP contribution in [0.25, 0.3) is 5.57 Å². The summed E-state index contributed by atoms with van der Waals surface area (Å²) in [5, 5.41) is 0. The lowest BCUT2D eigenvalue weighted by molar-refractivity contribution is 0.0906. The lowest BCUT2D eigenvalue weighted by atomic mass is 9.81. The SMILES string of the molecule is CCc1cccc(C2=CC(C(=O)c3ccco3)[C@H](c3cc(CC)c(CC)c(CC)c3)C2)c1. The minimum absolute atomic E-state index is 0.0808. The van der Waals surface area contributed by atoms with Crippen LogP contribution in [0.5, 0.6) is 0 Å². The lowest BCUT2D eigenvalue weighted by Crippen LogP contribution is -2.18. The standard InChI is InChI=1S/C30H34O2/c1-5-20-11-9-12-23(15-20)24-18-27(28(19-24)30(31)29-13-10-14-32-29)25-16-21(6-2)26(8-4)22(7-3)17-25/h9-17,19,27-28H,5-8,18H2,1-4H3/t27-,28?/m0/s1. The van der Waals surface area contributed by atoms with Crippen LogP contribution < -0.4 is 0 Å². The van der Waals surface area contributed by atoms with Gasteiger partial charge >= 0.3 is 0 Å². The molecule has 1 aliphatic carbocycles. The summed E-state index contributed by atoms with van der Waals surface area (Å²) in [7, 11) is 0. The monoisotopic (exact) mass is 426 g/mol. The third kappa shape index (κ3) is 4.24. The lowest BCUT2D eigenvalue weighted by Gasteiger charge is -2.22. The molecule has 4 rings (SSSR count). The summed E-state index contributed by atoms with van der Waals surface area (Å²) in [6.45, 7) is 8.89. The number of allylic oxidation sites excluding steroid dienone is 2. The van der Waals surface area contributed by atoms with Gasteiger partial charge in [-0.2, -0.15) is 0 Å². The Kier molecular flexibility index (Phi) is 6.79. The minimum atomic E-state index is -0.205. The summed E-state index contributed by atoms with van der Waals surface area (Å²) in [6.07, 6.45) is 8.78. The molecule has 0 N–H and O–H groups in total. The normalized spacial score (nSPS) is 18.1. The molecule has 0 radical (unpaired) electrons.